The molecule has 1 aromatic carbocycles. The van der Waals surface area contributed by atoms with Crippen LogP contribution < -0.4 is 5.32 Å². The van der Waals surface area contributed by atoms with Crippen molar-refractivity contribution < 1.29 is 9.18 Å². The van der Waals surface area contributed by atoms with Crippen LogP contribution in [0.1, 0.15) is 47.6 Å². The number of carbonyl (C=O) groups excluding carboxylic acids is 1. The number of hydrogen-bond acceptors (Lipinski definition) is 7. The monoisotopic (exact) mass is 494 g/mol. The molecule has 1 aliphatic carbocycles. The highest BCUT2D eigenvalue weighted by atomic mass is 32.2. The largest absolute Gasteiger partial charge is 0.348 e. The molecule has 3 heterocycles. The van der Waals surface area contributed by atoms with E-state index < -0.39 is 0 Å². The second-order valence-corrected chi connectivity index (χ2v) is 9.94. The van der Waals surface area contributed by atoms with Crippen LogP contribution in [0.15, 0.2) is 59.3 Å². The average Bonchev–Trinajstić information content (AvgIpc) is 3.52. The molecule has 0 radical (unpaired) electrons. The zero-order valence-corrected chi connectivity index (χ0v) is 20.0. The zero-order valence-electron chi connectivity index (χ0n) is 18.4. The Morgan fingerprint density at radius 1 is 1.15 bits per heavy atom. The molecule has 0 spiro atoms. The maximum atomic E-state index is 14.7. The Balaban J connectivity index is 1.35. The van der Waals surface area contributed by atoms with Crippen LogP contribution in [0.25, 0.3) is 17.1 Å². The van der Waals surface area contributed by atoms with Gasteiger partial charge in [0, 0.05) is 29.4 Å². The number of halogens is 1. The van der Waals surface area contributed by atoms with Crippen LogP contribution in [-0.2, 0) is 5.75 Å². The quantitative estimate of drug-likeness (QED) is 0.352. The van der Waals surface area contributed by atoms with Crippen LogP contribution >= 0.6 is 23.1 Å². The lowest BCUT2D eigenvalue weighted by Gasteiger charge is -2.22. The standard InChI is InChI=1S/C24H23FN6OS2/c25-18-10-4-5-11-20(18)31-22(16-7-6-12-26-13-16)29-30-24(31)34-15-21-28-19(14-33-21)23(32)27-17-8-2-1-3-9-17/h4-7,10-14,17H,1-3,8-9,15H2,(H,27,32). The Hall–Kier alpha value is -3.11. The second-order valence-electron chi connectivity index (χ2n) is 8.06. The summed E-state index contributed by atoms with van der Waals surface area (Å²) in [6, 6.07) is 10.4. The Labute approximate surface area is 204 Å². The summed E-state index contributed by atoms with van der Waals surface area (Å²) in [4.78, 5) is 21.3. The smallest absolute Gasteiger partial charge is 0.270 e. The third kappa shape index (κ3) is 5.02. The van der Waals surface area contributed by atoms with Gasteiger partial charge in [-0.2, -0.15) is 0 Å². The molecule has 34 heavy (non-hydrogen) atoms. The summed E-state index contributed by atoms with van der Waals surface area (Å²) in [5, 5.41) is 14.9. The molecule has 1 N–H and O–H groups in total. The van der Waals surface area contributed by atoms with Gasteiger partial charge in [0.1, 0.15) is 16.5 Å². The minimum atomic E-state index is -0.370. The summed E-state index contributed by atoms with van der Waals surface area (Å²) in [5.41, 5.74) is 1.54. The maximum Gasteiger partial charge on any atom is 0.270 e. The van der Waals surface area contributed by atoms with Crippen molar-refractivity contribution in [3.05, 3.63) is 70.7 Å². The number of hydrogen-bond donors (Lipinski definition) is 1. The summed E-state index contributed by atoms with van der Waals surface area (Å²) in [5.74, 6) is 0.506. The molecule has 0 unspecified atom stereocenters. The first-order valence-corrected chi connectivity index (χ1v) is 13.0. The van der Waals surface area contributed by atoms with Crippen molar-refractivity contribution in [2.24, 2.45) is 0 Å². The number of thioether (sulfide) groups is 1. The highest BCUT2D eigenvalue weighted by Crippen LogP contribution is 2.31. The molecule has 7 nitrogen and oxygen atoms in total. The van der Waals surface area contributed by atoms with Gasteiger partial charge in [-0.25, -0.2) is 9.37 Å². The minimum Gasteiger partial charge on any atom is -0.348 e. The number of benzene rings is 1. The Morgan fingerprint density at radius 3 is 2.79 bits per heavy atom. The van der Waals surface area contributed by atoms with Gasteiger partial charge >= 0.3 is 0 Å². The van der Waals surface area contributed by atoms with E-state index in [4.69, 9.17) is 0 Å². The van der Waals surface area contributed by atoms with E-state index in [1.54, 1.807) is 46.6 Å². The van der Waals surface area contributed by atoms with E-state index in [2.05, 4.69) is 25.5 Å². The first-order chi connectivity index (χ1) is 16.7. The number of nitrogens with zero attached hydrogens (tertiary/aromatic N) is 5. The SMILES string of the molecule is O=C(NC1CCCCC1)c1csc(CSc2nnc(-c3cccnc3)n2-c2ccccc2F)n1. The predicted octanol–water partition coefficient (Wildman–Crippen LogP) is 5.28. The van der Waals surface area contributed by atoms with Gasteiger partial charge < -0.3 is 5.32 Å². The normalized spacial score (nSPS) is 14.3. The van der Waals surface area contributed by atoms with Crippen LogP contribution in [0.3, 0.4) is 0 Å². The van der Waals surface area contributed by atoms with Crippen LogP contribution in [-0.4, -0.2) is 36.7 Å². The summed E-state index contributed by atoms with van der Waals surface area (Å²) in [6.07, 6.45) is 8.97. The molecule has 0 aliphatic heterocycles. The van der Waals surface area contributed by atoms with E-state index in [9.17, 15) is 9.18 Å². The van der Waals surface area contributed by atoms with Gasteiger partial charge in [0.15, 0.2) is 11.0 Å². The number of nitrogens with one attached hydrogen (secondary N) is 1. The molecule has 174 valence electrons. The van der Waals surface area contributed by atoms with Crippen molar-refractivity contribution in [1.82, 2.24) is 30.0 Å². The molecule has 0 atom stereocenters. The van der Waals surface area contributed by atoms with E-state index in [1.807, 2.05) is 6.07 Å². The van der Waals surface area contributed by atoms with Crippen LogP contribution in [0.2, 0.25) is 0 Å². The molecule has 0 bridgehead atoms. The number of aromatic nitrogens is 5. The van der Waals surface area contributed by atoms with Crippen LogP contribution in [0.5, 0.6) is 0 Å². The number of rotatable bonds is 7. The number of amides is 1. The van der Waals surface area contributed by atoms with Crippen LogP contribution in [0.4, 0.5) is 4.39 Å². The molecule has 1 saturated carbocycles. The highest BCUT2D eigenvalue weighted by Gasteiger charge is 2.21. The average molecular weight is 495 g/mol. The number of pyridine rings is 1. The molecule has 10 heteroatoms. The first kappa shape index (κ1) is 22.7. The number of carbonyl (C=O) groups is 1. The van der Waals surface area contributed by atoms with Crippen molar-refractivity contribution in [3.8, 4) is 17.1 Å². The van der Waals surface area contributed by atoms with Crippen molar-refractivity contribution in [2.75, 3.05) is 0 Å². The molecule has 0 saturated heterocycles. The minimum absolute atomic E-state index is 0.118. The van der Waals surface area contributed by atoms with E-state index in [1.165, 1.54) is 35.6 Å². The second kappa shape index (κ2) is 10.4. The Bertz CT molecular complexity index is 1270. The molecule has 1 fully saturated rings. The molecular formula is C24H23FN6OS2. The maximum absolute atomic E-state index is 14.7. The molecule has 1 amide bonds. The fourth-order valence-corrected chi connectivity index (χ4v) is 5.75. The van der Waals surface area contributed by atoms with Gasteiger partial charge in [-0.1, -0.05) is 43.2 Å². The van der Waals surface area contributed by atoms with E-state index >= 15 is 0 Å². The lowest BCUT2D eigenvalue weighted by molar-refractivity contribution is 0.0923. The lowest BCUT2D eigenvalue weighted by Crippen LogP contribution is -2.36. The van der Waals surface area contributed by atoms with Crippen molar-refractivity contribution >= 4 is 29.0 Å². The summed E-state index contributed by atoms with van der Waals surface area (Å²) < 4.78 is 16.4. The number of thiazole rings is 1. The van der Waals surface area contributed by atoms with Gasteiger partial charge in [-0.15, -0.1) is 21.5 Å². The first-order valence-electron chi connectivity index (χ1n) is 11.2. The van der Waals surface area contributed by atoms with Gasteiger partial charge in [0.2, 0.25) is 0 Å². The van der Waals surface area contributed by atoms with Gasteiger partial charge in [0.25, 0.3) is 5.91 Å². The molecule has 1 aliphatic rings. The van der Waals surface area contributed by atoms with Crippen molar-refractivity contribution in [1.29, 1.82) is 0 Å². The fourth-order valence-electron chi connectivity index (χ4n) is 4.01. The molecule has 3 aromatic heterocycles. The Morgan fingerprint density at radius 2 is 2.00 bits per heavy atom. The van der Waals surface area contributed by atoms with Crippen LogP contribution in [0, 0.1) is 5.82 Å². The highest BCUT2D eigenvalue weighted by molar-refractivity contribution is 7.98. The summed E-state index contributed by atoms with van der Waals surface area (Å²) in [6.45, 7) is 0. The number of para-hydroxylation sites is 1. The molecular weight excluding hydrogens is 471 g/mol. The zero-order chi connectivity index (χ0) is 23.3. The third-order valence-electron chi connectivity index (χ3n) is 5.70. The summed E-state index contributed by atoms with van der Waals surface area (Å²) >= 11 is 2.83. The molecule has 5 rings (SSSR count). The molecule has 4 aromatic rings. The predicted molar refractivity (Wildman–Crippen MR) is 131 cm³/mol. The topological polar surface area (TPSA) is 85.6 Å². The summed E-state index contributed by atoms with van der Waals surface area (Å²) in [7, 11) is 0. The van der Waals surface area contributed by atoms with Crippen molar-refractivity contribution in [3.63, 3.8) is 0 Å². The fraction of sp³-hybridized carbons (Fsp3) is 0.292. The van der Waals surface area contributed by atoms with Gasteiger partial charge in [-0.05, 0) is 37.1 Å². The van der Waals surface area contributed by atoms with E-state index in [0.29, 0.717) is 28.1 Å². The third-order valence-corrected chi connectivity index (χ3v) is 7.67. The van der Waals surface area contributed by atoms with Gasteiger partial charge in [0.05, 0.1) is 11.4 Å². The lowest BCUT2D eigenvalue weighted by atomic mass is 9.95. The Kier molecular flexibility index (Phi) is 6.96. The van der Waals surface area contributed by atoms with Crippen molar-refractivity contribution in [2.45, 2.75) is 49.1 Å². The van der Waals surface area contributed by atoms with Gasteiger partial charge in [-0.3, -0.25) is 14.3 Å². The van der Waals surface area contributed by atoms with E-state index in [-0.39, 0.29) is 17.8 Å². The van der Waals surface area contributed by atoms with E-state index in [0.717, 1.165) is 36.3 Å².